The van der Waals surface area contributed by atoms with Gasteiger partial charge in [0.05, 0.1) is 22.1 Å². The van der Waals surface area contributed by atoms with Crippen LogP contribution in [-0.2, 0) is 39.0 Å². The van der Waals surface area contributed by atoms with Gasteiger partial charge in [-0.05, 0) is 70.8 Å². The van der Waals surface area contributed by atoms with Gasteiger partial charge in [0.25, 0.3) is 0 Å². The van der Waals surface area contributed by atoms with Crippen LogP contribution in [0.3, 0.4) is 0 Å². The molecule has 14 aromatic rings. The molecular formula is C56H36N20O4Zn2. The second-order valence-corrected chi connectivity index (χ2v) is 16.2. The van der Waals surface area contributed by atoms with E-state index in [9.17, 15) is 19.2 Å². The summed E-state index contributed by atoms with van der Waals surface area (Å²) in [6.07, 6.45) is 10.3. The van der Waals surface area contributed by atoms with Gasteiger partial charge in [-0.3, -0.25) is 80.4 Å². The second-order valence-electron chi connectivity index (χ2n) is 16.2. The van der Waals surface area contributed by atoms with Gasteiger partial charge in [-0.1, -0.05) is 121 Å². The monoisotopic (exact) mass is 1180 g/mol. The molecule has 26 heteroatoms. The van der Waals surface area contributed by atoms with Gasteiger partial charge in [-0.25, -0.2) is 0 Å². The predicted molar refractivity (Wildman–Crippen MR) is 290 cm³/mol. The Kier molecular flexibility index (Phi) is 21.8. The van der Waals surface area contributed by atoms with Crippen LogP contribution in [-0.4, -0.2) is 107 Å². The van der Waals surface area contributed by atoms with Gasteiger partial charge in [-0.15, -0.1) is 0 Å². The van der Waals surface area contributed by atoms with E-state index in [1.54, 1.807) is 122 Å². The molecule has 0 amide bonds. The number of carbonyl (C=O) groups excluding carboxylic acids is 4. The smallest absolute Gasteiger partial charge is 0.330 e. The Labute approximate surface area is 489 Å². The van der Waals surface area contributed by atoms with Crippen molar-refractivity contribution in [2.75, 3.05) is 0 Å². The quantitative estimate of drug-likeness (QED) is 0.0858. The molecular weight excluding hydrogens is 1150 g/mol. The molecule has 0 aliphatic carbocycles. The first-order chi connectivity index (χ1) is 39.5. The summed E-state index contributed by atoms with van der Waals surface area (Å²) in [7, 11) is 0. The molecule has 0 spiro atoms. The Morgan fingerprint density at radius 2 is 0.512 bits per heavy atom. The van der Waals surface area contributed by atoms with Crippen molar-refractivity contribution in [3.8, 4) is 45.6 Å². The standard InChI is InChI=1S/2C12H8N2.4C8H5N4O.2Zn/c2*1-3-9-5-6-10-4-2-8-14-12(10)11(9)13-7-1;4*13-5-6-2-1-3-7(4-6)8-9-11-12-10-8;;/h2*1-8H;4*1-5H;;/q;;4*-1;2*+2. The van der Waals surface area contributed by atoms with Gasteiger partial charge in [0.15, 0.2) is 0 Å². The fraction of sp³-hybridized carbons (Fsp3) is 0. The number of hydrogen-bond acceptors (Lipinski definition) is 20. The van der Waals surface area contributed by atoms with Crippen molar-refractivity contribution >= 4 is 68.8 Å². The molecule has 8 heterocycles. The zero-order valence-corrected chi connectivity index (χ0v) is 48.7. The maximum Gasteiger partial charge on any atom is 2.00 e. The number of benzene rings is 6. The number of rotatable bonds is 8. The van der Waals surface area contributed by atoms with Crippen molar-refractivity contribution in [3.63, 3.8) is 0 Å². The van der Waals surface area contributed by atoms with Crippen molar-refractivity contribution in [1.29, 1.82) is 0 Å². The van der Waals surface area contributed by atoms with Gasteiger partial charge in [0.1, 0.15) is 25.1 Å². The Balaban J connectivity index is 0.000000141. The molecule has 0 radical (unpaired) electrons. The van der Waals surface area contributed by atoms with E-state index in [-0.39, 0.29) is 39.0 Å². The zero-order chi connectivity index (χ0) is 55.1. The van der Waals surface area contributed by atoms with E-state index in [2.05, 4.69) is 151 Å². The average molecular weight is 1180 g/mol. The van der Waals surface area contributed by atoms with Crippen LogP contribution in [0.1, 0.15) is 41.4 Å². The van der Waals surface area contributed by atoms with Crippen LogP contribution in [0.25, 0.3) is 89.2 Å². The fourth-order valence-electron chi connectivity index (χ4n) is 7.40. The number of pyridine rings is 4. The van der Waals surface area contributed by atoms with E-state index >= 15 is 0 Å². The molecule has 82 heavy (non-hydrogen) atoms. The van der Waals surface area contributed by atoms with Crippen LogP contribution in [0.15, 0.2) is 195 Å². The Morgan fingerprint density at radius 3 is 0.707 bits per heavy atom. The molecule has 0 aliphatic heterocycles. The predicted octanol–water partition coefficient (Wildman–Crippen LogP) is 6.79. The first kappa shape index (κ1) is 58.8. The van der Waals surface area contributed by atoms with Crippen LogP contribution >= 0.6 is 0 Å². The largest absolute Gasteiger partial charge is 2.00 e. The summed E-state index contributed by atoms with van der Waals surface area (Å²) >= 11 is 0. The van der Waals surface area contributed by atoms with Gasteiger partial charge in [0, 0.05) is 91.9 Å². The van der Waals surface area contributed by atoms with Crippen LogP contribution in [0.2, 0.25) is 0 Å². The van der Waals surface area contributed by atoms with Gasteiger partial charge in [0.2, 0.25) is 0 Å². The Hall–Kier alpha value is -10.8. The van der Waals surface area contributed by atoms with E-state index in [0.717, 1.165) is 91.0 Å². The number of tetrazole rings is 4. The molecule has 14 rings (SSSR count). The molecule has 0 atom stereocenters. The molecule has 0 unspecified atom stereocenters. The van der Waals surface area contributed by atoms with Crippen molar-refractivity contribution in [2.24, 2.45) is 0 Å². The molecule has 0 saturated carbocycles. The van der Waals surface area contributed by atoms with Crippen LogP contribution in [0.5, 0.6) is 0 Å². The summed E-state index contributed by atoms with van der Waals surface area (Å²) in [6, 6.07) is 52.1. The van der Waals surface area contributed by atoms with E-state index in [0.29, 0.717) is 45.6 Å². The first-order valence-electron chi connectivity index (χ1n) is 23.6. The molecule has 6 aromatic carbocycles. The average Bonchev–Trinajstić information content (AvgIpc) is 4.55. The number of hydrogen-bond donors (Lipinski definition) is 0. The summed E-state index contributed by atoms with van der Waals surface area (Å²) in [6.45, 7) is 0. The summed E-state index contributed by atoms with van der Waals surface area (Å²) in [5, 5.41) is 60.8. The molecule has 0 aliphatic rings. The summed E-state index contributed by atoms with van der Waals surface area (Å²) in [4.78, 5) is 59.2. The SMILES string of the molecule is O=Cc1cccc(-c2nnn[n-]2)c1.O=Cc1cccc(-c2nnn[n-]2)c1.O=Cc1cccc(-c2nnn[n-]2)c1.O=Cc1cccc(-c2nnn[n-]2)c1.[Zn+2].[Zn+2].c1cnc2c(c1)ccc1cccnc12.c1cnc2c(c1)ccc1cccnc12. The van der Waals surface area contributed by atoms with Crippen molar-refractivity contribution in [2.45, 2.75) is 0 Å². The molecule has 24 nitrogen and oxygen atoms in total. The number of aromatic nitrogens is 20. The van der Waals surface area contributed by atoms with Crippen LogP contribution in [0.4, 0.5) is 0 Å². The third kappa shape index (κ3) is 15.7. The number of aldehydes is 4. The topological polar surface area (TPSA) is 331 Å². The number of nitrogens with zero attached hydrogens (tertiary/aromatic N) is 20. The van der Waals surface area contributed by atoms with Crippen LogP contribution < -0.4 is 20.4 Å². The minimum atomic E-state index is 0. The third-order valence-electron chi connectivity index (χ3n) is 11.1. The number of fused-ring (bicyclic) bond motifs is 6. The van der Waals surface area contributed by atoms with Gasteiger partial charge >= 0.3 is 39.0 Å². The van der Waals surface area contributed by atoms with E-state index in [1.165, 1.54) is 0 Å². The van der Waals surface area contributed by atoms with Crippen LogP contribution in [0, 0.1) is 0 Å². The third-order valence-corrected chi connectivity index (χ3v) is 11.1. The first-order valence-corrected chi connectivity index (χ1v) is 23.6. The zero-order valence-electron chi connectivity index (χ0n) is 42.8. The van der Waals surface area contributed by atoms with Crippen molar-refractivity contribution in [3.05, 3.63) is 217 Å². The van der Waals surface area contributed by atoms with Crippen molar-refractivity contribution in [1.82, 2.24) is 102 Å². The number of carbonyl (C=O) groups is 4. The fourth-order valence-corrected chi connectivity index (χ4v) is 7.40. The van der Waals surface area contributed by atoms with E-state index < -0.39 is 0 Å². The molecule has 0 N–H and O–H groups in total. The van der Waals surface area contributed by atoms with Crippen molar-refractivity contribution < 1.29 is 58.1 Å². The summed E-state index contributed by atoms with van der Waals surface area (Å²) in [5.74, 6) is 1.74. The van der Waals surface area contributed by atoms with E-state index in [4.69, 9.17) is 0 Å². The summed E-state index contributed by atoms with van der Waals surface area (Å²) < 4.78 is 0. The minimum absolute atomic E-state index is 0. The van der Waals surface area contributed by atoms with Gasteiger partial charge in [-0.2, -0.15) is 20.9 Å². The maximum absolute atomic E-state index is 10.5. The molecule has 388 valence electrons. The molecule has 8 aromatic heterocycles. The molecule has 0 fully saturated rings. The molecule has 0 saturated heterocycles. The second kappa shape index (κ2) is 30.4. The van der Waals surface area contributed by atoms with E-state index in [1.807, 2.05) is 24.3 Å². The normalized spacial score (nSPS) is 9.95. The Morgan fingerprint density at radius 1 is 0.280 bits per heavy atom. The minimum Gasteiger partial charge on any atom is -0.330 e. The maximum atomic E-state index is 10.5. The summed E-state index contributed by atoms with van der Waals surface area (Å²) in [5.41, 5.74) is 9.23. The Bertz CT molecular complexity index is 3730. The van der Waals surface area contributed by atoms with Gasteiger partial charge < -0.3 is 20.4 Å². The molecule has 0 bridgehead atoms.